The number of anilines is 3. The number of hydrogen-bond donors (Lipinski definition) is 10. The number of pyridine rings is 1. The van der Waals surface area contributed by atoms with Gasteiger partial charge in [0, 0.05) is 145 Å². The minimum Gasteiger partial charge on any atom is -0.485 e. The van der Waals surface area contributed by atoms with E-state index >= 15 is 0 Å². The number of carbonyl (C=O) groups is 10. The number of para-hydroxylation sites is 1. The number of carbonyl (C=O) groups excluding carboxylic acids is 9. The highest BCUT2D eigenvalue weighted by Crippen LogP contribution is 2.69. The Balaban J connectivity index is 0.573. The van der Waals surface area contributed by atoms with Crippen LogP contribution in [0.3, 0.4) is 0 Å². The van der Waals surface area contributed by atoms with Crippen LogP contribution < -0.4 is 30.9 Å². The molecule has 127 heavy (non-hydrogen) atoms. The van der Waals surface area contributed by atoms with Gasteiger partial charge in [0.1, 0.15) is 54.7 Å². The average molecular weight is 1810 g/mol. The molecular weight excluding hydrogens is 1690 g/mol. The first-order chi connectivity index (χ1) is 60.8. The molecule has 4 unspecified atom stereocenters. The zero-order valence-corrected chi connectivity index (χ0v) is 73.2. The molecule has 0 saturated heterocycles. The Morgan fingerprint density at radius 2 is 1.45 bits per heavy atom. The van der Waals surface area contributed by atoms with Gasteiger partial charge in [0.05, 0.1) is 105 Å². The van der Waals surface area contributed by atoms with Gasteiger partial charge in [-0.3, -0.25) is 57.8 Å². The number of aliphatic hydroxyl groups is 4. The van der Waals surface area contributed by atoms with E-state index in [9.17, 15) is 86.4 Å². The predicted molar refractivity (Wildman–Crippen MR) is 460 cm³/mol. The number of likely N-dealkylation sites (N-methyl/N-ethyl adjacent to an activating group) is 1. The maximum Gasteiger partial charge on any atom is 0.409 e. The molecule has 10 N–H and O–H groups in total. The third kappa shape index (κ3) is 25.7. The van der Waals surface area contributed by atoms with Crippen LogP contribution in [0.1, 0.15) is 134 Å². The molecule has 7 amide bonds. The predicted octanol–water partition coefficient (Wildman–Crippen LogP) is 5.64. The molecule has 5 fully saturated rings. The fraction of sp³-hybridized carbons (Fsp3) is 0.557. The maximum absolute atomic E-state index is 13.9. The number of aliphatic hydroxyl groups excluding tert-OH is 4. The summed E-state index contributed by atoms with van der Waals surface area (Å²) in [6.45, 7) is 7.90. The molecular formula is C88H113N11O26S2. The first-order valence-corrected chi connectivity index (χ1v) is 45.2. The lowest BCUT2D eigenvalue weighted by atomic mass is 9.40. The number of imide groups is 1. The largest absolute Gasteiger partial charge is 0.485 e. The molecule has 5 saturated carbocycles. The SMILES string of the molecule is Cc1c(-c2ccc(N3CCc4cccc(C(=O)Nc5nc6ccccc6s5)c4C3)nc2C(=O)O)cnn1CC1C2CC3(C)CC(C)(C2)CC1(OCCN(C)C(=O)OCc1ccc(OC2C[C@H](CO)[C@@H](O)[C@H](O)[C@H]2O)c(NC(=O)CCNC(=O)COCCNC(=O)[C@H](CC(=O)CCOCCOCCOCCOCCCC(=O)CCN2C(=O)C=CC2=O)CS(=O)(=O)O)c1)C3. The summed E-state index contributed by atoms with van der Waals surface area (Å²) in [6.07, 6.45) is 2.38. The first-order valence-electron chi connectivity index (χ1n) is 42.8. The van der Waals surface area contributed by atoms with E-state index in [-0.39, 0.29) is 176 Å². The average Bonchev–Trinajstić information content (AvgIpc) is 0.859. The third-order valence-corrected chi connectivity index (χ3v) is 26.1. The maximum atomic E-state index is 13.9. The smallest absolute Gasteiger partial charge is 0.409 e. The minimum absolute atomic E-state index is 0.00555. The zero-order chi connectivity index (χ0) is 90.7. The second-order valence-electron chi connectivity index (χ2n) is 34.1. The van der Waals surface area contributed by atoms with Crippen LogP contribution in [0.25, 0.3) is 21.3 Å². The molecule has 0 radical (unpaired) electrons. The van der Waals surface area contributed by atoms with E-state index in [4.69, 9.17) is 48.0 Å². The Morgan fingerprint density at radius 1 is 0.732 bits per heavy atom. The first kappa shape index (κ1) is 96.0. The van der Waals surface area contributed by atoms with E-state index in [0.29, 0.717) is 72.3 Å². The molecule has 688 valence electrons. The molecule has 3 aromatic heterocycles. The van der Waals surface area contributed by atoms with Crippen LogP contribution in [0.15, 0.2) is 91.1 Å². The highest BCUT2D eigenvalue weighted by molar-refractivity contribution is 7.85. The van der Waals surface area contributed by atoms with E-state index in [2.05, 4.69) is 40.1 Å². The topological polar surface area (TPSA) is 501 Å². The van der Waals surface area contributed by atoms with Crippen LogP contribution in [0, 0.1) is 41.4 Å². The van der Waals surface area contributed by atoms with Crippen LogP contribution in [0.4, 0.5) is 21.4 Å². The number of aromatic carboxylic acids is 1. The number of ether oxygens (including phenoxy) is 8. The molecule has 0 spiro atoms. The Morgan fingerprint density at radius 3 is 2.16 bits per heavy atom. The van der Waals surface area contributed by atoms with Crippen molar-refractivity contribution >= 4 is 107 Å². The Bertz CT molecular complexity index is 5030. The number of nitrogens with zero attached hydrogens (tertiary/aromatic N) is 7. The minimum atomic E-state index is -4.71. The number of carboxylic acid groups (broad SMARTS) is 1. The van der Waals surface area contributed by atoms with E-state index in [0.717, 1.165) is 64.0 Å². The fourth-order valence-corrected chi connectivity index (χ4v) is 20.3. The molecule has 5 aliphatic carbocycles. The molecule has 4 bridgehead atoms. The summed E-state index contributed by atoms with van der Waals surface area (Å²) < 4.78 is 82.6. The van der Waals surface area contributed by atoms with Crippen LogP contribution in [0.5, 0.6) is 5.75 Å². The van der Waals surface area contributed by atoms with Gasteiger partial charge in [-0.25, -0.2) is 19.6 Å². The number of nitrogens with one attached hydrogen (secondary N) is 4. The second-order valence-corrected chi connectivity index (χ2v) is 36.7. The second kappa shape index (κ2) is 43.8. The van der Waals surface area contributed by atoms with Gasteiger partial charge in [-0.2, -0.15) is 13.5 Å². The van der Waals surface area contributed by atoms with Crippen molar-refractivity contribution < 1.29 is 124 Å². The number of rotatable bonds is 49. The number of aromatic nitrogens is 4. The van der Waals surface area contributed by atoms with Gasteiger partial charge >= 0.3 is 12.1 Å². The van der Waals surface area contributed by atoms with Crippen molar-refractivity contribution in [2.24, 2.45) is 34.5 Å². The summed E-state index contributed by atoms with van der Waals surface area (Å²) >= 11 is 1.39. The molecule has 7 aliphatic rings. The summed E-state index contributed by atoms with van der Waals surface area (Å²) in [6, 6.07) is 21.4. The summed E-state index contributed by atoms with van der Waals surface area (Å²) in [7, 11) is -3.12. The highest BCUT2D eigenvalue weighted by Gasteiger charge is 2.65. The molecule has 6 aromatic rings. The summed E-state index contributed by atoms with van der Waals surface area (Å²) in [5.41, 5.74) is 4.67. The van der Waals surface area contributed by atoms with Gasteiger partial charge in [-0.15, -0.1) is 0 Å². The van der Waals surface area contributed by atoms with Crippen molar-refractivity contribution in [3.05, 3.63) is 125 Å². The van der Waals surface area contributed by atoms with Crippen molar-refractivity contribution in [2.45, 2.75) is 154 Å². The molecule has 3 aromatic carbocycles. The zero-order valence-electron chi connectivity index (χ0n) is 71.6. The van der Waals surface area contributed by atoms with Gasteiger partial charge in [-0.05, 0) is 134 Å². The number of fused-ring (bicyclic) bond motifs is 2. The van der Waals surface area contributed by atoms with Crippen LogP contribution in [-0.2, 0) is 103 Å². The number of ketones is 2. The Hall–Kier alpha value is -10.1. The highest BCUT2D eigenvalue weighted by atomic mass is 32.2. The van der Waals surface area contributed by atoms with Crippen molar-refractivity contribution in [1.82, 2.24) is 40.2 Å². The van der Waals surface area contributed by atoms with Crippen LogP contribution in [0.2, 0.25) is 0 Å². The van der Waals surface area contributed by atoms with Crippen molar-refractivity contribution in [1.29, 1.82) is 0 Å². The Labute approximate surface area is 738 Å². The van der Waals surface area contributed by atoms with Gasteiger partial charge in [0.25, 0.3) is 27.8 Å². The molecule has 13 rings (SSSR count). The van der Waals surface area contributed by atoms with Crippen molar-refractivity contribution in [3.8, 4) is 16.9 Å². The lowest BCUT2D eigenvalue weighted by Crippen LogP contribution is -2.65. The van der Waals surface area contributed by atoms with Crippen LogP contribution in [-0.4, -0.2) is 282 Å². The van der Waals surface area contributed by atoms with Crippen molar-refractivity contribution in [3.63, 3.8) is 0 Å². The van der Waals surface area contributed by atoms with Gasteiger partial charge in [-0.1, -0.05) is 55.5 Å². The quantitative estimate of drug-likeness (QED) is 0.0125. The standard InChI is InChI=1S/C88H113N11O26S2/c1-54-64(62-15-17-72(94-77(62)83(112)113)97-26-21-56-9-7-11-63(65(56)45-97)82(111)95-84-93-67-12-5-6-13-71(67)126-84)44-91-99(54)46-66-59-42-86(2)51-87(3,43-59)53-88(66,52-86)124-32-28-96(4)85(114)123-48-55-14-16-69(125-70-41-57(47-100)78(107)80(109)79(70)108)68(39-55)92-73(103)20-24-89-74(104)49-122-31-25-90-81(110)58(50-127(115,116)117)40-61(102)23-30-119-34-36-121-38-37-120-35-33-118-29-8-10-60(101)22-27-98-75(105)18-19-76(98)106/h5-7,9,11-19,39,44,57-59,66,70,78-80,100,107-109H,8,10,20-38,40-43,45-53H2,1-4H3,(H,89,104)(H,90,110)(H,92,103)(H,112,113)(H,93,95,111)(H,115,116,117)/t57-,58-,59?,66?,70?,78-,79+,80+,86?,87?,88?/m1/s1. The van der Waals surface area contributed by atoms with Gasteiger partial charge in [0.15, 0.2) is 10.8 Å². The lowest BCUT2D eigenvalue weighted by molar-refractivity contribution is -0.252. The number of amides is 7. The molecule has 2 aliphatic heterocycles. The number of carboxylic acids is 1. The van der Waals surface area contributed by atoms with Crippen LogP contribution >= 0.6 is 11.3 Å². The van der Waals surface area contributed by atoms with E-state index < -0.39 is 125 Å². The summed E-state index contributed by atoms with van der Waals surface area (Å²) in [5.74, 6) is -7.74. The Kier molecular flexibility index (Phi) is 33.1. The monoisotopic (exact) mass is 1800 g/mol. The van der Waals surface area contributed by atoms with Gasteiger partial charge in [0.2, 0.25) is 17.7 Å². The lowest BCUT2D eigenvalue weighted by Gasteiger charge is -2.68. The fourth-order valence-electron chi connectivity index (χ4n) is 18.6. The normalized spacial score (nSPS) is 22.6. The molecule has 5 heterocycles. The van der Waals surface area contributed by atoms with E-state index in [1.807, 2.05) is 59.0 Å². The summed E-state index contributed by atoms with van der Waals surface area (Å²) in [4.78, 5) is 142. The van der Waals surface area contributed by atoms with Gasteiger partial charge < -0.3 is 89.2 Å². The molecule has 9 atom stereocenters. The van der Waals surface area contributed by atoms with E-state index in [1.54, 1.807) is 31.4 Å². The van der Waals surface area contributed by atoms with E-state index in [1.165, 1.54) is 40.5 Å². The van der Waals surface area contributed by atoms with Crippen molar-refractivity contribution in [2.75, 3.05) is 140 Å². The molecule has 37 nitrogen and oxygen atoms in total. The molecule has 39 heteroatoms. The third-order valence-electron chi connectivity index (χ3n) is 24.3. The number of thiazole rings is 1. The number of benzene rings is 3. The number of hydrogen-bond acceptors (Lipinski definition) is 29. The summed E-state index contributed by atoms with van der Waals surface area (Å²) in [5, 5.41) is 69.2. The number of Topliss-reactive ketones (excluding diaryl/α,β-unsaturated/α-hetero) is 2.